The number of rotatable bonds is 4. The molecule has 1 aliphatic rings. The minimum absolute atomic E-state index is 0.300. The van der Waals surface area contributed by atoms with Crippen molar-refractivity contribution in [3.05, 3.63) is 34.3 Å². The highest BCUT2D eigenvalue weighted by atomic mass is 79.9. The van der Waals surface area contributed by atoms with Gasteiger partial charge in [-0.05, 0) is 55.2 Å². The van der Waals surface area contributed by atoms with Crippen molar-refractivity contribution in [2.24, 2.45) is 17.8 Å². The smallest absolute Gasteiger partial charge is 0.140 e. The van der Waals surface area contributed by atoms with Crippen molar-refractivity contribution in [2.75, 3.05) is 0 Å². The highest BCUT2D eigenvalue weighted by Gasteiger charge is 2.27. The third-order valence-electron chi connectivity index (χ3n) is 4.44. The van der Waals surface area contributed by atoms with E-state index in [1.54, 1.807) is 0 Å². The second-order valence-corrected chi connectivity index (χ2v) is 7.04. The van der Waals surface area contributed by atoms with Crippen LogP contribution in [0.1, 0.15) is 45.1 Å². The Morgan fingerprint density at radius 2 is 1.95 bits per heavy atom. The van der Waals surface area contributed by atoms with Gasteiger partial charge < -0.3 is 0 Å². The van der Waals surface area contributed by atoms with E-state index in [2.05, 4.69) is 35.8 Å². The van der Waals surface area contributed by atoms with Gasteiger partial charge in [-0.2, -0.15) is 0 Å². The van der Waals surface area contributed by atoms with Crippen LogP contribution in [0, 0.1) is 17.8 Å². The molecule has 0 radical (unpaired) electrons. The number of halogens is 1. The highest BCUT2D eigenvalue weighted by molar-refractivity contribution is 9.10. The Morgan fingerprint density at radius 3 is 2.53 bits per heavy atom. The van der Waals surface area contributed by atoms with Crippen LogP contribution in [-0.4, -0.2) is 5.78 Å². The number of benzene rings is 1. The number of hydrogen-bond acceptors (Lipinski definition) is 1. The Morgan fingerprint density at radius 1 is 1.26 bits per heavy atom. The zero-order chi connectivity index (χ0) is 13.8. The van der Waals surface area contributed by atoms with Crippen LogP contribution in [0.25, 0.3) is 0 Å². The van der Waals surface area contributed by atoms with Crippen molar-refractivity contribution < 1.29 is 4.79 Å². The zero-order valence-electron chi connectivity index (χ0n) is 11.9. The van der Waals surface area contributed by atoms with Crippen molar-refractivity contribution in [1.82, 2.24) is 0 Å². The largest absolute Gasteiger partial charge is 0.299 e. The molecule has 1 aromatic carbocycles. The number of ketones is 1. The van der Waals surface area contributed by atoms with E-state index in [9.17, 15) is 4.79 Å². The summed E-state index contributed by atoms with van der Waals surface area (Å²) in [5.74, 6) is 2.32. The summed E-state index contributed by atoms with van der Waals surface area (Å²) >= 11 is 3.46. The van der Waals surface area contributed by atoms with E-state index in [0.717, 1.165) is 34.7 Å². The topological polar surface area (TPSA) is 17.1 Å². The van der Waals surface area contributed by atoms with Crippen LogP contribution in [-0.2, 0) is 11.2 Å². The Kier molecular flexibility index (Phi) is 5.20. The molecule has 0 amide bonds. The third kappa shape index (κ3) is 4.17. The van der Waals surface area contributed by atoms with Gasteiger partial charge in [-0.3, -0.25) is 4.79 Å². The van der Waals surface area contributed by atoms with Crippen LogP contribution >= 0.6 is 15.9 Å². The predicted molar refractivity (Wildman–Crippen MR) is 83.1 cm³/mol. The number of carbonyl (C=O) groups is 1. The molecule has 0 bridgehead atoms. The van der Waals surface area contributed by atoms with Gasteiger partial charge in [-0.1, -0.05) is 41.9 Å². The molecule has 0 aliphatic heterocycles. The van der Waals surface area contributed by atoms with Gasteiger partial charge in [-0.25, -0.2) is 0 Å². The lowest BCUT2D eigenvalue weighted by molar-refractivity contribution is -0.123. The molecule has 1 aromatic rings. The summed E-state index contributed by atoms with van der Waals surface area (Å²) in [5.41, 5.74) is 1.13. The summed E-state index contributed by atoms with van der Waals surface area (Å²) in [7, 11) is 0. The summed E-state index contributed by atoms with van der Waals surface area (Å²) in [5, 5.41) is 0. The lowest BCUT2D eigenvalue weighted by Crippen LogP contribution is -2.25. The van der Waals surface area contributed by atoms with Gasteiger partial charge in [0.15, 0.2) is 0 Å². The van der Waals surface area contributed by atoms with Crippen molar-refractivity contribution >= 4 is 21.7 Å². The Hall–Kier alpha value is -0.630. The van der Waals surface area contributed by atoms with Crippen molar-refractivity contribution in [3.63, 3.8) is 0 Å². The minimum atomic E-state index is 0.300. The Labute approximate surface area is 124 Å². The summed E-state index contributed by atoms with van der Waals surface area (Å²) in [6.07, 6.45) is 5.24. The van der Waals surface area contributed by atoms with Gasteiger partial charge in [-0.15, -0.1) is 0 Å². The molecule has 1 saturated carbocycles. The second-order valence-electron chi connectivity index (χ2n) is 6.13. The molecule has 2 heteroatoms. The Bertz CT molecular complexity index is 431. The van der Waals surface area contributed by atoms with Crippen molar-refractivity contribution in [3.8, 4) is 0 Å². The summed E-state index contributed by atoms with van der Waals surface area (Å²) in [4.78, 5) is 12.3. The van der Waals surface area contributed by atoms with Crippen molar-refractivity contribution in [1.29, 1.82) is 0 Å². The second kappa shape index (κ2) is 6.69. The molecule has 2 rings (SSSR count). The lowest BCUT2D eigenvalue weighted by Gasteiger charge is -2.30. The Balaban J connectivity index is 1.88. The van der Waals surface area contributed by atoms with Gasteiger partial charge >= 0.3 is 0 Å². The maximum Gasteiger partial charge on any atom is 0.140 e. The average molecular weight is 323 g/mol. The molecule has 0 heterocycles. The maximum atomic E-state index is 12.3. The van der Waals surface area contributed by atoms with Gasteiger partial charge in [0.2, 0.25) is 0 Å². The number of hydrogen-bond donors (Lipinski definition) is 0. The third-order valence-corrected chi connectivity index (χ3v) is 4.93. The fourth-order valence-corrected chi connectivity index (χ4v) is 3.55. The van der Waals surface area contributed by atoms with E-state index in [0.29, 0.717) is 18.1 Å². The first-order valence-electron chi connectivity index (χ1n) is 7.33. The highest BCUT2D eigenvalue weighted by Crippen LogP contribution is 2.34. The molecule has 1 aliphatic carbocycles. The van der Waals surface area contributed by atoms with Crippen molar-refractivity contribution in [2.45, 2.75) is 46.0 Å². The molecule has 0 spiro atoms. The fraction of sp³-hybridized carbons (Fsp3) is 0.588. The van der Waals surface area contributed by atoms with E-state index >= 15 is 0 Å². The molecule has 104 valence electrons. The van der Waals surface area contributed by atoms with Crippen LogP contribution < -0.4 is 0 Å². The monoisotopic (exact) mass is 322 g/mol. The van der Waals surface area contributed by atoms with E-state index < -0.39 is 0 Å². The quantitative estimate of drug-likeness (QED) is 0.760. The van der Waals surface area contributed by atoms with E-state index in [1.807, 2.05) is 18.2 Å². The molecule has 19 heavy (non-hydrogen) atoms. The lowest BCUT2D eigenvalue weighted by atomic mass is 9.75. The van der Waals surface area contributed by atoms with Gasteiger partial charge in [0.25, 0.3) is 0 Å². The van der Waals surface area contributed by atoms with Gasteiger partial charge in [0, 0.05) is 16.8 Å². The standard InChI is InChI=1S/C17H23BrO/c1-12(2)14-6-8-15(9-7-14)17(19)11-13-4-3-5-16(18)10-13/h3-5,10,12,14-15H,6-9,11H2,1-2H3. The zero-order valence-corrected chi connectivity index (χ0v) is 13.4. The number of Topliss-reactive ketones (excluding diaryl/α,β-unsaturated/α-hetero) is 1. The predicted octanol–water partition coefficient (Wildman–Crippen LogP) is 5.02. The molecule has 0 saturated heterocycles. The van der Waals surface area contributed by atoms with E-state index in [1.165, 1.54) is 12.8 Å². The molecule has 0 unspecified atom stereocenters. The number of carbonyl (C=O) groups excluding carboxylic acids is 1. The molecule has 1 nitrogen and oxygen atoms in total. The molecule has 1 fully saturated rings. The molecule has 0 atom stereocenters. The van der Waals surface area contributed by atoms with Crippen LogP contribution in [0.2, 0.25) is 0 Å². The minimum Gasteiger partial charge on any atom is -0.299 e. The summed E-state index contributed by atoms with van der Waals surface area (Å²) in [6, 6.07) is 8.10. The van der Waals surface area contributed by atoms with Gasteiger partial charge in [0.1, 0.15) is 5.78 Å². The van der Waals surface area contributed by atoms with E-state index in [-0.39, 0.29) is 0 Å². The summed E-state index contributed by atoms with van der Waals surface area (Å²) < 4.78 is 1.06. The van der Waals surface area contributed by atoms with E-state index in [4.69, 9.17) is 0 Å². The molecule has 0 aromatic heterocycles. The van der Waals surface area contributed by atoms with Crippen LogP contribution in [0.4, 0.5) is 0 Å². The molecule has 0 N–H and O–H groups in total. The SMILES string of the molecule is CC(C)C1CCC(C(=O)Cc2cccc(Br)c2)CC1. The summed E-state index contributed by atoms with van der Waals surface area (Å²) in [6.45, 7) is 4.60. The normalized spacial score (nSPS) is 23.6. The maximum absolute atomic E-state index is 12.3. The molecular formula is C17H23BrO. The molecular weight excluding hydrogens is 300 g/mol. The first-order valence-corrected chi connectivity index (χ1v) is 8.12. The fourth-order valence-electron chi connectivity index (χ4n) is 3.10. The first-order chi connectivity index (χ1) is 9.06. The van der Waals surface area contributed by atoms with Crippen LogP contribution in [0.3, 0.4) is 0 Å². The van der Waals surface area contributed by atoms with Gasteiger partial charge in [0.05, 0.1) is 0 Å². The first kappa shape index (κ1) is 14.8. The average Bonchev–Trinajstić information content (AvgIpc) is 2.39. The van der Waals surface area contributed by atoms with Crippen LogP contribution in [0.5, 0.6) is 0 Å². The van der Waals surface area contributed by atoms with Crippen LogP contribution in [0.15, 0.2) is 28.7 Å².